The molecule has 1 heterocycles. The first-order chi connectivity index (χ1) is 7.97. The zero-order valence-corrected chi connectivity index (χ0v) is 9.74. The molecule has 90 valence electrons. The van der Waals surface area contributed by atoms with Gasteiger partial charge in [-0.25, -0.2) is 12.8 Å². The van der Waals surface area contributed by atoms with E-state index in [4.69, 9.17) is 4.42 Å². The Labute approximate surface area is 97.2 Å². The zero-order chi connectivity index (χ0) is 12.5. The van der Waals surface area contributed by atoms with E-state index in [9.17, 15) is 12.8 Å². The van der Waals surface area contributed by atoms with E-state index in [0.717, 1.165) is 6.07 Å². The van der Waals surface area contributed by atoms with Crippen molar-refractivity contribution in [2.45, 2.75) is 17.6 Å². The van der Waals surface area contributed by atoms with Crippen LogP contribution in [0, 0.1) is 12.7 Å². The normalized spacial score (nSPS) is 11.6. The average molecular weight is 256 g/mol. The Morgan fingerprint density at radius 2 is 2.12 bits per heavy atom. The lowest BCUT2D eigenvalue weighted by atomic mass is 10.4. The van der Waals surface area contributed by atoms with Crippen molar-refractivity contribution in [2.24, 2.45) is 0 Å². The van der Waals surface area contributed by atoms with Gasteiger partial charge in [0, 0.05) is 6.92 Å². The van der Waals surface area contributed by atoms with Crippen molar-refractivity contribution in [3.8, 4) is 0 Å². The van der Waals surface area contributed by atoms with Crippen molar-refractivity contribution in [3.63, 3.8) is 0 Å². The average Bonchev–Trinajstić information content (AvgIpc) is 2.63. The quantitative estimate of drug-likeness (QED) is 0.831. The summed E-state index contributed by atoms with van der Waals surface area (Å²) >= 11 is 0. The SMILES string of the molecule is Cc1nnc(CS(=O)(=O)c2cccc(F)c2)o1. The van der Waals surface area contributed by atoms with Gasteiger partial charge >= 0.3 is 0 Å². The molecule has 2 rings (SSSR count). The van der Waals surface area contributed by atoms with Crippen molar-refractivity contribution in [2.75, 3.05) is 0 Å². The third-order valence-corrected chi connectivity index (χ3v) is 3.64. The summed E-state index contributed by atoms with van der Waals surface area (Å²) in [6.07, 6.45) is 0. The lowest BCUT2D eigenvalue weighted by Crippen LogP contribution is -2.05. The molecule has 0 atom stereocenters. The molecule has 0 spiro atoms. The molecule has 0 bridgehead atoms. The number of sulfone groups is 1. The van der Waals surface area contributed by atoms with Crippen LogP contribution in [0.5, 0.6) is 0 Å². The number of nitrogens with zero attached hydrogens (tertiary/aromatic N) is 2. The molecule has 0 amide bonds. The predicted octanol–water partition coefficient (Wildman–Crippen LogP) is 1.49. The minimum Gasteiger partial charge on any atom is -0.424 e. The van der Waals surface area contributed by atoms with Gasteiger partial charge in [-0.1, -0.05) is 6.07 Å². The van der Waals surface area contributed by atoms with Crippen LogP contribution in [0.25, 0.3) is 0 Å². The van der Waals surface area contributed by atoms with Crippen LogP contribution in [0.15, 0.2) is 33.6 Å². The summed E-state index contributed by atoms with van der Waals surface area (Å²) in [7, 11) is -3.66. The second-order valence-electron chi connectivity index (χ2n) is 3.43. The summed E-state index contributed by atoms with van der Waals surface area (Å²) in [5.41, 5.74) is 0. The van der Waals surface area contributed by atoms with Gasteiger partial charge in [0.05, 0.1) is 4.90 Å². The topological polar surface area (TPSA) is 73.1 Å². The van der Waals surface area contributed by atoms with Crippen LogP contribution in [-0.4, -0.2) is 18.6 Å². The maximum Gasteiger partial charge on any atom is 0.231 e. The number of aromatic nitrogens is 2. The Bertz CT molecular complexity index is 637. The van der Waals surface area contributed by atoms with E-state index in [1.165, 1.54) is 18.2 Å². The standard InChI is InChI=1S/C10H9FN2O3S/c1-7-12-13-10(16-7)6-17(14,15)9-4-2-3-8(11)5-9/h2-5H,6H2,1H3. The van der Waals surface area contributed by atoms with E-state index in [2.05, 4.69) is 10.2 Å². The van der Waals surface area contributed by atoms with Gasteiger partial charge in [0.2, 0.25) is 11.8 Å². The van der Waals surface area contributed by atoms with Gasteiger partial charge in [-0.3, -0.25) is 0 Å². The predicted molar refractivity (Wildman–Crippen MR) is 56.3 cm³/mol. The van der Waals surface area contributed by atoms with E-state index in [1.54, 1.807) is 6.92 Å². The third kappa shape index (κ3) is 2.68. The highest BCUT2D eigenvalue weighted by molar-refractivity contribution is 7.90. The van der Waals surface area contributed by atoms with Crippen molar-refractivity contribution in [3.05, 3.63) is 41.9 Å². The minimum absolute atomic E-state index is 0.00763. The Morgan fingerprint density at radius 3 is 2.71 bits per heavy atom. The molecule has 0 fully saturated rings. The van der Waals surface area contributed by atoms with Gasteiger partial charge in [-0.15, -0.1) is 10.2 Å². The van der Waals surface area contributed by atoms with Crippen molar-refractivity contribution >= 4 is 9.84 Å². The van der Waals surface area contributed by atoms with E-state index < -0.39 is 21.4 Å². The third-order valence-electron chi connectivity index (χ3n) is 2.04. The largest absolute Gasteiger partial charge is 0.424 e. The Kier molecular flexibility index (Phi) is 2.93. The highest BCUT2D eigenvalue weighted by atomic mass is 32.2. The smallest absolute Gasteiger partial charge is 0.231 e. The lowest BCUT2D eigenvalue weighted by molar-refractivity contribution is 0.480. The molecule has 1 aromatic heterocycles. The molecule has 2 aromatic rings. The summed E-state index contributed by atoms with van der Waals surface area (Å²) in [6.45, 7) is 1.56. The molecule has 0 saturated heterocycles. The van der Waals surface area contributed by atoms with Crippen molar-refractivity contribution in [1.82, 2.24) is 10.2 Å². The van der Waals surface area contributed by atoms with E-state index in [-0.39, 0.29) is 16.7 Å². The maximum atomic E-state index is 12.9. The molecule has 0 radical (unpaired) electrons. The van der Waals surface area contributed by atoms with Crippen molar-refractivity contribution < 1.29 is 17.2 Å². The monoisotopic (exact) mass is 256 g/mol. The summed E-state index contributed by atoms with van der Waals surface area (Å²) < 4.78 is 41.6. The second kappa shape index (κ2) is 4.25. The fourth-order valence-corrected chi connectivity index (χ4v) is 2.49. The second-order valence-corrected chi connectivity index (χ2v) is 5.42. The first-order valence-electron chi connectivity index (χ1n) is 4.75. The van der Waals surface area contributed by atoms with Gasteiger partial charge in [-0.05, 0) is 18.2 Å². The van der Waals surface area contributed by atoms with Crippen molar-refractivity contribution in [1.29, 1.82) is 0 Å². The molecule has 0 aliphatic rings. The molecule has 0 N–H and O–H groups in total. The van der Waals surface area contributed by atoms with Gasteiger partial charge in [0.15, 0.2) is 9.84 Å². The molecule has 0 aliphatic heterocycles. The molecule has 0 saturated carbocycles. The summed E-state index contributed by atoms with van der Waals surface area (Å²) in [5, 5.41) is 7.12. The zero-order valence-electron chi connectivity index (χ0n) is 8.92. The molecule has 1 aromatic carbocycles. The summed E-state index contributed by atoms with van der Waals surface area (Å²) in [6, 6.07) is 4.79. The number of hydrogen-bond acceptors (Lipinski definition) is 5. The fraction of sp³-hybridized carbons (Fsp3) is 0.200. The van der Waals surface area contributed by atoms with Crippen LogP contribution in [0.1, 0.15) is 11.8 Å². The molecule has 5 nitrogen and oxygen atoms in total. The first kappa shape index (κ1) is 11.7. The van der Waals surface area contributed by atoms with Crippen LogP contribution in [0.3, 0.4) is 0 Å². The number of hydrogen-bond donors (Lipinski definition) is 0. The molecule has 0 aliphatic carbocycles. The molecule has 17 heavy (non-hydrogen) atoms. The van der Waals surface area contributed by atoms with E-state index >= 15 is 0 Å². The Morgan fingerprint density at radius 1 is 1.35 bits per heavy atom. The van der Waals surface area contributed by atoms with Crippen LogP contribution in [0.2, 0.25) is 0 Å². The number of halogens is 1. The lowest BCUT2D eigenvalue weighted by Gasteiger charge is -2.01. The molecule has 7 heteroatoms. The summed E-state index contributed by atoms with van der Waals surface area (Å²) in [5.74, 6) is -0.758. The number of rotatable bonds is 3. The van der Waals surface area contributed by atoms with Crippen LogP contribution < -0.4 is 0 Å². The van der Waals surface area contributed by atoms with E-state index in [1.807, 2.05) is 0 Å². The Balaban J connectivity index is 2.31. The van der Waals surface area contributed by atoms with Gasteiger partial charge in [0.25, 0.3) is 0 Å². The molecular formula is C10H9FN2O3S. The van der Waals surface area contributed by atoms with Gasteiger partial charge < -0.3 is 4.42 Å². The summed E-state index contributed by atoms with van der Waals surface area (Å²) in [4.78, 5) is -0.103. The maximum absolute atomic E-state index is 12.9. The van der Waals surface area contributed by atoms with Gasteiger partial charge in [0.1, 0.15) is 11.6 Å². The molecular weight excluding hydrogens is 247 g/mol. The minimum atomic E-state index is -3.66. The van der Waals surface area contributed by atoms with Crippen LogP contribution >= 0.6 is 0 Å². The number of aryl methyl sites for hydroxylation is 1. The van der Waals surface area contributed by atoms with E-state index in [0.29, 0.717) is 0 Å². The highest BCUT2D eigenvalue weighted by Gasteiger charge is 2.19. The van der Waals surface area contributed by atoms with Gasteiger partial charge in [-0.2, -0.15) is 0 Å². The van der Waals surface area contributed by atoms with Crippen LogP contribution in [0.4, 0.5) is 4.39 Å². The fourth-order valence-electron chi connectivity index (χ4n) is 1.30. The number of benzene rings is 1. The Hall–Kier alpha value is -1.76. The first-order valence-corrected chi connectivity index (χ1v) is 6.40. The molecule has 0 unspecified atom stereocenters. The van der Waals surface area contributed by atoms with Crippen LogP contribution in [-0.2, 0) is 15.6 Å². The highest BCUT2D eigenvalue weighted by Crippen LogP contribution is 2.16.